The molecule has 1 amide bonds. The van der Waals surface area contributed by atoms with E-state index < -0.39 is 27.6 Å². The van der Waals surface area contributed by atoms with Gasteiger partial charge in [0.2, 0.25) is 15.9 Å². The highest BCUT2D eigenvalue weighted by atomic mass is 32.2. The first-order valence-corrected chi connectivity index (χ1v) is 10.8. The molecule has 1 saturated heterocycles. The van der Waals surface area contributed by atoms with Crippen molar-refractivity contribution in [3.05, 3.63) is 65.7 Å². The Balaban J connectivity index is 1.66. The summed E-state index contributed by atoms with van der Waals surface area (Å²) in [6.45, 7) is 1.06. The van der Waals surface area contributed by atoms with E-state index in [1.54, 1.807) is 12.1 Å². The van der Waals surface area contributed by atoms with E-state index in [0.29, 0.717) is 18.7 Å². The lowest BCUT2D eigenvalue weighted by Crippen LogP contribution is -2.31. The molecule has 3 rings (SSSR count). The Morgan fingerprint density at radius 3 is 2.28 bits per heavy atom. The van der Waals surface area contributed by atoms with Crippen LogP contribution >= 0.6 is 0 Å². The average Bonchev–Trinajstić information content (AvgIpc) is 3.00. The molecule has 2 aromatic carbocycles. The predicted molar refractivity (Wildman–Crippen MR) is 108 cm³/mol. The minimum atomic E-state index is -3.53. The molecular formula is C21H22F2N2O3S. The van der Waals surface area contributed by atoms with Crippen LogP contribution in [0.15, 0.2) is 53.4 Å². The number of hydrogen-bond donors (Lipinski definition) is 1. The van der Waals surface area contributed by atoms with Crippen LogP contribution in [0.5, 0.6) is 0 Å². The van der Waals surface area contributed by atoms with Crippen LogP contribution in [0.1, 0.15) is 31.2 Å². The molecule has 1 heterocycles. The monoisotopic (exact) mass is 420 g/mol. The first kappa shape index (κ1) is 21.1. The Bertz CT molecular complexity index is 997. The van der Waals surface area contributed by atoms with Crippen molar-refractivity contribution >= 4 is 27.7 Å². The average molecular weight is 420 g/mol. The topological polar surface area (TPSA) is 66.5 Å². The molecule has 1 fully saturated rings. The van der Waals surface area contributed by atoms with Crippen molar-refractivity contribution in [3.8, 4) is 0 Å². The molecule has 2 aromatic rings. The SMILES string of the molecule is O=C(/C=C/c1ccc(S(=O)(=O)N2CCCCCC2)cc1)Nc1cc(F)ccc1F. The van der Waals surface area contributed by atoms with Crippen LogP contribution in [0.4, 0.5) is 14.5 Å². The fourth-order valence-corrected chi connectivity index (χ4v) is 4.64. The van der Waals surface area contributed by atoms with E-state index in [2.05, 4.69) is 5.32 Å². The van der Waals surface area contributed by atoms with E-state index in [9.17, 15) is 22.0 Å². The highest BCUT2D eigenvalue weighted by Crippen LogP contribution is 2.21. The van der Waals surface area contributed by atoms with E-state index in [1.165, 1.54) is 28.6 Å². The van der Waals surface area contributed by atoms with Gasteiger partial charge in [0.05, 0.1) is 10.6 Å². The Morgan fingerprint density at radius 1 is 0.966 bits per heavy atom. The van der Waals surface area contributed by atoms with Crippen molar-refractivity contribution in [1.82, 2.24) is 4.31 Å². The standard InChI is InChI=1S/C21H22F2N2O3S/c22-17-8-11-19(23)20(15-17)24-21(26)12-7-16-5-9-18(10-6-16)29(27,28)25-13-3-1-2-4-14-25/h5-12,15H,1-4,13-14H2,(H,24,26)/b12-7+. The molecule has 0 saturated carbocycles. The maximum atomic E-state index is 13.6. The molecular weight excluding hydrogens is 398 g/mol. The lowest BCUT2D eigenvalue weighted by molar-refractivity contribution is -0.111. The van der Waals surface area contributed by atoms with E-state index in [4.69, 9.17) is 0 Å². The summed E-state index contributed by atoms with van der Waals surface area (Å²) in [6, 6.07) is 8.98. The van der Waals surface area contributed by atoms with Crippen LogP contribution in [0.2, 0.25) is 0 Å². The maximum absolute atomic E-state index is 13.6. The van der Waals surface area contributed by atoms with Crippen LogP contribution in [-0.4, -0.2) is 31.7 Å². The fourth-order valence-electron chi connectivity index (χ4n) is 3.12. The largest absolute Gasteiger partial charge is 0.320 e. The molecule has 0 unspecified atom stereocenters. The minimum Gasteiger partial charge on any atom is -0.320 e. The summed E-state index contributed by atoms with van der Waals surface area (Å²) in [7, 11) is -3.53. The molecule has 8 heteroatoms. The summed E-state index contributed by atoms with van der Waals surface area (Å²) in [6.07, 6.45) is 6.44. The number of nitrogens with zero attached hydrogens (tertiary/aromatic N) is 1. The van der Waals surface area contributed by atoms with Gasteiger partial charge in [-0.15, -0.1) is 0 Å². The summed E-state index contributed by atoms with van der Waals surface area (Å²) in [5, 5.41) is 2.26. The lowest BCUT2D eigenvalue weighted by atomic mass is 10.2. The molecule has 1 aliphatic rings. The van der Waals surface area contributed by atoms with Gasteiger partial charge in [0.25, 0.3) is 0 Å². The summed E-state index contributed by atoms with van der Waals surface area (Å²) in [5.41, 5.74) is 0.355. The lowest BCUT2D eigenvalue weighted by Gasteiger charge is -2.19. The van der Waals surface area contributed by atoms with Gasteiger partial charge in [0.1, 0.15) is 11.6 Å². The highest BCUT2D eigenvalue weighted by Gasteiger charge is 2.24. The fraction of sp³-hybridized carbons (Fsp3) is 0.286. The van der Waals surface area contributed by atoms with Crippen molar-refractivity contribution in [2.45, 2.75) is 30.6 Å². The highest BCUT2D eigenvalue weighted by molar-refractivity contribution is 7.89. The third kappa shape index (κ3) is 5.48. The smallest absolute Gasteiger partial charge is 0.248 e. The van der Waals surface area contributed by atoms with E-state index in [-0.39, 0.29) is 10.6 Å². The number of sulfonamides is 1. The minimum absolute atomic E-state index is 0.211. The number of halogens is 2. The zero-order valence-corrected chi connectivity index (χ0v) is 16.6. The molecule has 0 spiro atoms. The Kier molecular flexibility index (Phi) is 6.76. The molecule has 0 aromatic heterocycles. The molecule has 5 nitrogen and oxygen atoms in total. The second kappa shape index (κ2) is 9.28. The maximum Gasteiger partial charge on any atom is 0.248 e. The molecule has 0 bridgehead atoms. The number of hydrogen-bond acceptors (Lipinski definition) is 3. The number of amides is 1. The number of rotatable bonds is 5. The number of nitrogens with one attached hydrogen (secondary N) is 1. The van der Waals surface area contributed by atoms with Crippen LogP contribution < -0.4 is 5.32 Å². The van der Waals surface area contributed by atoms with Gasteiger partial charge in [0, 0.05) is 25.2 Å². The van der Waals surface area contributed by atoms with Crippen molar-refractivity contribution in [2.75, 3.05) is 18.4 Å². The predicted octanol–water partition coefficient (Wildman–Crippen LogP) is 4.18. The van der Waals surface area contributed by atoms with Crippen molar-refractivity contribution in [2.24, 2.45) is 0 Å². The molecule has 154 valence electrons. The number of benzene rings is 2. The zero-order valence-electron chi connectivity index (χ0n) is 15.8. The molecule has 1 aliphatic heterocycles. The summed E-state index contributed by atoms with van der Waals surface area (Å²) >= 11 is 0. The van der Waals surface area contributed by atoms with Gasteiger partial charge in [-0.3, -0.25) is 4.79 Å². The quantitative estimate of drug-likeness (QED) is 0.738. The Morgan fingerprint density at radius 2 is 1.62 bits per heavy atom. The van der Waals surface area contributed by atoms with Crippen LogP contribution in [-0.2, 0) is 14.8 Å². The molecule has 0 radical (unpaired) electrons. The molecule has 29 heavy (non-hydrogen) atoms. The van der Waals surface area contributed by atoms with Gasteiger partial charge in [-0.1, -0.05) is 25.0 Å². The van der Waals surface area contributed by atoms with Crippen LogP contribution in [0.25, 0.3) is 6.08 Å². The van der Waals surface area contributed by atoms with Gasteiger partial charge in [-0.25, -0.2) is 17.2 Å². The second-order valence-electron chi connectivity index (χ2n) is 6.83. The first-order chi connectivity index (χ1) is 13.9. The third-order valence-electron chi connectivity index (χ3n) is 4.70. The Hall–Kier alpha value is -2.58. The van der Waals surface area contributed by atoms with Crippen molar-refractivity contribution < 1.29 is 22.0 Å². The van der Waals surface area contributed by atoms with Gasteiger partial charge >= 0.3 is 0 Å². The third-order valence-corrected chi connectivity index (χ3v) is 6.61. The van der Waals surface area contributed by atoms with Crippen molar-refractivity contribution in [1.29, 1.82) is 0 Å². The van der Waals surface area contributed by atoms with Crippen LogP contribution in [0.3, 0.4) is 0 Å². The molecule has 0 aliphatic carbocycles. The van der Waals surface area contributed by atoms with Gasteiger partial charge < -0.3 is 5.32 Å². The van der Waals surface area contributed by atoms with E-state index in [1.807, 2.05) is 0 Å². The first-order valence-electron chi connectivity index (χ1n) is 9.40. The van der Waals surface area contributed by atoms with E-state index in [0.717, 1.165) is 43.9 Å². The second-order valence-corrected chi connectivity index (χ2v) is 8.77. The number of carbonyl (C=O) groups is 1. The summed E-state index contributed by atoms with van der Waals surface area (Å²) in [5.74, 6) is -2.03. The normalized spacial score (nSPS) is 15.9. The van der Waals surface area contributed by atoms with Gasteiger partial charge in [0.15, 0.2) is 0 Å². The van der Waals surface area contributed by atoms with E-state index >= 15 is 0 Å². The summed E-state index contributed by atoms with van der Waals surface area (Å²) < 4.78 is 53.7. The summed E-state index contributed by atoms with van der Waals surface area (Å²) in [4.78, 5) is 12.1. The zero-order chi connectivity index (χ0) is 20.9. The Labute approximate surface area is 169 Å². The number of anilines is 1. The molecule has 1 N–H and O–H groups in total. The van der Waals surface area contributed by atoms with Crippen molar-refractivity contribution in [3.63, 3.8) is 0 Å². The van der Waals surface area contributed by atoms with Gasteiger partial charge in [-0.2, -0.15) is 4.31 Å². The number of carbonyl (C=O) groups excluding carboxylic acids is 1. The van der Waals surface area contributed by atoms with Crippen LogP contribution in [0, 0.1) is 11.6 Å². The molecule has 0 atom stereocenters. The van der Waals surface area contributed by atoms with Gasteiger partial charge in [-0.05, 0) is 48.7 Å².